The number of unbranched alkanes of at least 4 members (excludes halogenated alkanes) is 5. The van der Waals surface area contributed by atoms with Gasteiger partial charge in [-0.1, -0.05) is 45.1 Å². The van der Waals surface area contributed by atoms with Gasteiger partial charge in [0.2, 0.25) is 0 Å². The van der Waals surface area contributed by atoms with Crippen molar-refractivity contribution >= 4 is 5.78 Å². The Morgan fingerprint density at radius 1 is 1.14 bits per heavy atom. The Kier molecular flexibility index (Phi) is 12.1. The molecule has 5 heteroatoms. The second kappa shape index (κ2) is 14.3. The normalized spacial score (nSPS) is 30.2. The molecule has 0 aromatic rings. The van der Waals surface area contributed by atoms with Gasteiger partial charge in [-0.3, -0.25) is 4.79 Å². The van der Waals surface area contributed by atoms with Gasteiger partial charge in [-0.05, 0) is 62.9 Å². The smallest absolute Gasteiger partial charge is 0.158 e. The van der Waals surface area contributed by atoms with E-state index in [2.05, 4.69) is 6.92 Å². The Balaban J connectivity index is 1.89. The summed E-state index contributed by atoms with van der Waals surface area (Å²) in [6, 6.07) is 0. The first kappa shape index (κ1) is 24.5. The summed E-state index contributed by atoms with van der Waals surface area (Å²) in [6.07, 6.45) is 15.4. The molecule has 0 radical (unpaired) electrons. The largest absolute Gasteiger partial charge is 0.396 e. The SMILES string of the molecule is CCCCC(=O)C=CC1CC(OC2CCCCO2)C(O)C1CCCCCCCO. The number of allylic oxidation sites excluding steroid dienone is 2. The molecule has 2 aliphatic rings. The maximum Gasteiger partial charge on any atom is 0.158 e. The van der Waals surface area contributed by atoms with Gasteiger partial charge in [0.1, 0.15) is 0 Å². The third-order valence-corrected chi connectivity index (χ3v) is 6.34. The molecule has 2 fully saturated rings. The molecule has 0 aromatic carbocycles. The van der Waals surface area contributed by atoms with Gasteiger partial charge in [0.15, 0.2) is 12.1 Å². The summed E-state index contributed by atoms with van der Waals surface area (Å²) in [5.74, 6) is 0.502. The average molecular weight is 411 g/mol. The van der Waals surface area contributed by atoms with Crippen LogP contribution in [0.2, 0.25) is 0 Å². The highest BCUT2D eigenvalue weighted by atomic mass is 16.7. The molecule has 5 nitrogen and oxygen atoms in total. The lowest BCUT2D eigenvalue weighted by Gasteiger charge is -2.28. The van der Waals surface area contributed by atoms with Gasteiger partial charge >= 0.3 is 0 Å². The Morgan fingerprint density at radius 3 is 2.66 bits per heavy atom. The molecule has 0 spiro atoms. The average Bonchev–Trinajstić information content (AvgIpc) is 3.03. The first-order chi connectivity index (χ1) is 14.2. The van der Waals surface area contributed by atoms with Crippen molar-refractivity contribution in [3.63, 3.8) is 0 Å². The van der Waals surface area contributed by atoms with E-state index < -0.39 is 6.10 Å². The standard InChI is InChI=1S/C24H42O5/c1-2-3-11-20(26)15-14-19-18-22(29-23-13-8-10-17-28-23)24(27)21(19)12-7-5-4-6-9-16-25/h14-15,19,21-25,27H,2-13,16-18H2,1H3. The van der Waals surface area contributed by atoms with Crippen molar-refractivity contribution in [3.8, 4) is 0 Å². The van der Waals surface area contributed by atoms with E-state index in [1.54, 1.807) is 6.08 Å². The van der Waals surface area contributed by atoms with E-state index >= 15 is 0 Å². The summed E-state index contributed by atoms with van der Waals surface area (Å²) in [4.78, 5) is 12.1. The van der Waals surface area contributed by atoms with Gasteiger partial charge in [-0.2, -0.15) is 0 Å². The van der Waals surface area contributed by atoms with E-state index in [0.29, 0.717) is 6.42 Å². The molecule has 2 N–H and O–H groups in total. The van der Waals surface area contributed by atoms with E-state index in [4.69, 9.17) is 14.6 Å². The molecule has 5 atom stereocenters. The van der Waals surface area contributed by atoms with Crippen molar-refractivity contribution in [1.29, 1.82) is 0 Å². The lowest BCUT2D eigenvalue weighted by atomic mass is 9.88. The van der Waals surface area contributed by atoms with E-state index in [9.17, 15) is 9.90 Å². The first-order valence-electron chi connectivity index (χ1n) is 11.9. The van der Waals surface area contributed by atoms with E-state index in [1.807, 2.05) is 6.08 Å². The van der Waals surface area contributed by atoms with Crippen LogP contribution in [0.25, 0.3) is 0 Å². The van der Waals surface area contributed by atoms with Crippen LogP contribution >= 0.6 is 0 Å². The Labute approximate surface area is 176 Å². The minimum absolute atomic E-state index is 0.136. The molecule has 5 unspecified atom stereocenters. The highest BCUT2D eigenvalue weighted by Crippen LogP contribution is 2.39. The van der Waals surface area contributed by atoms with Crippen molar-refractivity contribution in [3.05, 3.63) is 12.2 Å². The fraction of sp³-hybridized carbons (Fsp3) is 0.875. The fourth-order valence-electron chi connectivity index (χ4n) is 4.55. The summed E-state index contributed by atoms with van der Waals surface area (Å²) < 4.78 is 11.8. The number of hydrogen-bond acceptors (Lipinski definition) is 5. The number of aliphatic hydroxyl groups excluding tert-OH is 2. The predicted octanol–water partition coefficient (Wildman–Crippen LogP) is 4.54. The van der Waals surface area contributed by atoms with Crippen LogP contribution in [0.15, 0.2) is 12.2 Å². The molecule has 168 valence electrons. The third kappa shape index (κ3) is 8.87. The summed E-state index contributed by atoms with van der Waals surface area (Å²) in [5, 5.41) is 19.9. The third-order valence-electron chi connectivity index (χ3n) is 6.34. The minimum atomic E-state index is -0.502. The number of hydrogen-bond donors (Lipinski definition) is 2. The Morgan fingerprint density at radius 2 is 1.93 bits per heavy atom. The van der Waals surface area contributed by atoms with Crippen LogP contribution in [0, 0.1) is 11.8 Å². The number of ether oxygens (including phenoxy) is 2. The fourth-order valence-corrected chi connectivity index (χ4v) is 4.55. The van der Waals surface area contributed by atoms with Gasteiger partial charge in [-0.25, -0.2) is 0 Å². The first-order valence-corrected chi connectivity index (χ1v) is 11.9. The summed E-state index contributed by atoms with van der Waals surface area (Å²) in [7, 11) is 0. The Hall–Kier alpha value is -0.750. The molecule has 1 aliphatic heterocycles. The molecule has 1 saturated carbocycles. The summed E-state index contributed by atoms with van der Waals surface area (Å²) in [5.41, 5.74) is 0. The van der Waals surface area contributed by atoms with Crippen LogP contribution in [0.4, 0.5) is 0 Å². The molecule has 0 amide bonds. The molecular formula is C24H42O5. The molecule has 1 aliphatic carbocycles. The van der Waals surface area contributed by atoms with Crippen LogP contribution in [-0.2, 0) is 14.3 Å². The summed E-state index contributed by atoms with van der Waals surface area (Å²) in [6.45, 7) is 3.10. The molecule has 0 bridgehead atoms. The second-order valence-electron chi connectivity index (χ2n) is 8.73. The van der Waals surface area contributed by atoms with E-state index in [0.717, 1.165) is 83.7 Å². The lowest BCUT2D eigenvalue weighted by molar-refractivity contribution is -0.203. The Bertz CT molecular complexity index is 472. The van der Waals surface area contributed by atoms with Crippen molar-refractivity contribution in [2.24, 2.45) is 11.8 Å². The van der Waals surface area contributed by atoms with Crippen LogP contribution in [-0.4, -0.2) is 47.7 Å². The quantitative estimate of drug-likeness (QED) is 0.325. The van der Waals surface area contributed by atoms with Crippen LogP contribution in [0.3, 0.4) is 0 Å². The van der Waals surface area contributed by atoms with Gasteiger partial charge < -0.3 is 19.7 Å². The molecule has 29 heavy (non-hydrogen) atoms. The minimum Gasteiger partial charge on any atom is -0.396 e. The lowest BCUT2D eigenvalue weighted by Crippen LogP contribution is -2.34. The van der Waals surface area contributed by atoms with Crippen molar-refractivity contribution in [2.75, 3.05) is 13.2 Å². The number of ketones is 1. The zero-order chi connectivity index (χ0) is 20.9. The predicted molar refractivity (Wildman–Crippen MR) is 115 cm³/mol. The van der Waals surface area contributed by atoms with E-state index in [1.165, 1.54) is 0 Å². The highest BCUT2D eigenvalue weighted by molar-refractivity contribution is 5.89. The maximum atomic E-state index is 12.1. The van der Waals surface area contributed by atoms with Crippen LogP contribution in [0.5, 0.6) is 0 Å². The monoisotopic (exact) mass is 410 g/mol. The number of carbonyl (C=O) groups is 1. The topological polar surface area (TPSA) is 76.0 Å². The second-order valence-corrected chi connectivity index (χ2v) is 8.73. The summed E-state index contributed by atoms with van der Waals surface area (Å²) >= 11 is 0. The zero-order valence-corrected chi connectivity index (χ0v) is 18.3. The van der Waals surface area contributed by atoms with Gasteiger partial charge in [0.25, 0.3) is 0 Å². The van der Waals surface area contributed by atoms with Gasteiger partial charge in [0, 0.05) is 19.6 Å². The zero-order valence-electron chi connectivity index (χ0n) is 18.3. The molecular weight excluding hydrogens is 368 g/mol. The van der Waals surface area contributed by atoms with Crippen molar-refractivity contribution in [1.82, 2.24) is 0 Å². The maximum absolute atomic E-state index is 12.1. The molecule has 2 rings (SSSR count). The van der Waals surface area contributed by atoms with Crippen LogP contribution in [0.1, 0.15) is 90.4 Å². The number of carbonyl (C=O) groups excluding carboxylic acids is 1. The van der Waals surface area contributed by atoms with Gasteiger partial charge in [-0.15, -0.1) is 0 Å². The van der Waals surface area contributed by atoms with Crippen LogP contribution < -0.4 is 0 Å². The molecule has 1 saturated heterocycles. The highest BCUT2D eigenvalue weighted by Gasteiger charge is 2.42. The van der Waals surface area contributed by atoms with Crippen molar-refractivity contribution in [2.45, 2.75) is 109 Å². The van der Waals surface area contributed by atoms with E-state index in [-0.39, 0.29) is 36.6 Å². The number of rotatable bonds is 14. The molecule has 0 aromatic heterocycles. The molecule has 1 heterocycles. The van der Waals surface area contributed by atoms with Crippen molar-refractivity contribution < 1.29 is 24.5 Å². The van der Waals surface area contributed by atoms with Gasteiger partial charge in [0.05, 0.1) is 12.2 Å². The number of aliphatic hydroxyl groups is 2.